The zero-order chi connectivity index (χ0) is 21.4. The van der Waals surface area contributed by atoms with E-state index in [1.54, 1.807) is 31.3 Å². The summed E-state index contributed by atoms with van der Waals surface area (Å²) in [6, 6.07) is 16.0. The van der Waals surface area contributed by atoms with Crippen LogP contribution < -0.4 is 16.0 Å². The number of amides is 2. The Bertz CT molecular complexity index is 815. The Hall–Kier alpha value is -2.66. The molecule has 0 aliphatic carbocycles. The molecule has 29 heavy (non-hydrogen) atoms. The first-order chi connectivity index (χ1) is 13.8. The van der Waals surface area contributed by atoms with Crippen LogP contribution in [0.5, 0.6) is 0 Å². The second kappa shape index (κ2) is 10.8. The van der Waals surface area contributed by atoms with Gasteiger partial charge in [0.15, 0.2) is 6.54 Å². The molecule has 5 nitrogen and oxygen atoms in total. The van der Waals surface area contributed by atoms with E-state index in [0.29, 0.717) is 29.6 Å². The molecule has 2 rings (SSSR count). The average Bonchev–Trinajstić information content (AvgIpc) is 2.73. The van der Waals surface area contributed by atoms with Gasteiger partial charge in [-0.25, -0.2) is 0 Å². The van der Waals surface area contributed by atoms with E-state index in [4.69, 9.17) is 0 Å². The normalized spacial score (nSPS) is 13.0. The number of hydrogen-bond donors (Lipinski definition) is 3. The van der Waals surface area contributed by atoms with E-state index in [0.717, 1.165) is 6.42 Å². The van der Waals surface area contributed by atoms with E-state index in [1.807, 2.05) is 0 Å². The number of quaternary nitrogens is 1. The van der Waals surface area contributed by atoms with Crippen LogP contribution in [-0.2, 0) is 4.79 Å². The van der Waals surface area contributed by atoms with E-state index in [2.05, 4.69) is 67.9 Å². The molecule has 0 spiro atoms. The number of hydrogen-bond acceptors (Lipinski definition) is 2. The van der Waals surface area contributed by atoms with Gasteiger partial charge in [-0.15, -0.1) is 0 Å². The molecule has 0 saturated heterocycles. The Kier molecular flexibility index (Phi) is 8.40. The maximum Gasteiger partial charge on any atom is 0.279 e. The van der Waals surface area contributed by atoms with Crippen LogP contribution in [0, 0.1) is 5.92 Å². The van der Waals surface area contributed by atoms with Crippen molar-refractivity contribution in [2.24, 2.45) is 5.92 Å². The number of carbonyl (C=O) groups is 2. The number of nitrogens with one attached hydrogen (secondary N) is 2. The van der Waals surface area contributed by atoms with Gasteiger partial charge in [-0.05, 0) is 36.1 Å². The van der Waals surface area contributed by atoms with Gasteiger partial charge < -0.3 is 16.0 Å². The van der Waals surface area contributed by atoms with Gasteiger partial charge in [0.1, 0.15) is 6.04 Å². The molecule has 2 amide bonds. The van der Waals surface area contributed by atoms with E-state index < -0.39 is 0 Å². The highest BCUT2D eigenvalue weighted by atomic mass is 16.2. The maximum atomic E-state index is 12.5. The summed E-state index contributed by atoms with van der Waals surface area (Å²) in [6.07, 6.45) is 1.13. The summed E-state index contributed by atoms with van der Waals surface area (Å²) in [7, 11) is 1.59. The molecule has 0 heterocycles. The topological polar surface area (TPSA) is 74.8 Å². The highest BCUT2D eigenvalue weighted by Crippen LogP contribution is 2.23. The smallest absolute Gasteiger partial charge is 0.279 e. The summed E-state index contributed by atoms with van der Waals surface area (Å²) in [5.74, 6) is 0.699. The average molecular weight is 397 g/mol. The van der Waals surface area contributed by atoms with Crippen LogP contribution in [0.15, 0.2) is 48.5 Å². The summed E-state index contributed by atoms with van der Waals surface area (Å²) in [6.45, 7) is 9.11. The van der Waals surface area contributed by atoms with E-state index in [1.165, 1.54) is 11.1 Å². The van der Waals surface area contributed by atoms with E-state index in [9.17, 15) is 9.59 Å². The van der Waals surface area contributed by atoms with Crippen molar-refractivity contribution in [2.45, 2.75) is 46.1 Å². The van der Waals surface area contributed by atoms with Crippen LogP contribution in [0.4, 0.5) is 5.69 Å². The van der Waals surface area contributed by atoms with Gasteiger partial charge in [-0.2, -0.15) is 0 Å². The van der Waals surface area contributed by atoms with Crippen molar-refractivity contribution >= 4 is 17.5 Å². The lowest BCUT2D eigenvalue weighted by Crippen LogP contribution is -2.88. The number of nitrogens with two attached hydrogens (primary N) is 1. The molecule has 0 aliphatic rings. The summed E-state index contributed by atoms with van der Waals surface area (Å²) in [4.78, 5) is 24.2. The van der Waals surface area contributed by atoms with Crippen molar-refractivity contribution in [3.63, 3.8) is 0 Å². The highest BCUT2D eigenvalue weighted by Gasteiger charge is 2.21. The van der Waals surface area contributed by atoms with Gasteiger partial charge in [0, 0.05) is 29.8 Å². The summed E-state index contributed by atoms with van der Waals surface area (Å²) in [5, 5.41) is 7.56. The Balaban J connectivity index is 2.00. The molecule has 0 unspecified atom stereocenters. The minimum Gasteiger partial charge on any atom is -0.355 e. The first-order valence-corrected chi connectivity index (χ1v) is 10.4. The van der Waals surface area contributed by atoms with Gasteiger partial charge in [0.05, 0.1) is 0 Å². The first kappa shape index (κ1) is 22.6. The Morgan fingerprint density at radius 2 is 1.66 bits per heavy atom. The molecule has 0 fully saturated rings. The lowest BCUT2D eigenvalue weighted by Gasteiger charge is -2.20. The van der Waals surface area contributed by atoms with Gasteiger partial charge >= 0.3 is 0 Å². The van der Waals surface area contributed by atoms with Crippen LogP contribution in [0.2, 0.25) is 0 Å². The van der Waals surface area contributed by atoms with Crippen molar-refractivity contribution in [3.8, 4) is 0 Å². The minimum atomic E-state index is -0.173. The molecule has 2 aromatic carbocycles. The molecular formula is C24H34N3O2+. The molecule has 0 aliphatic heterocycles. The van der Waals surface area contributed by atoms with Gasteiger partial charge in [0.25, 0.3) is 11.8 Å². The molecule has 0 aromatic heterocycles. The monoisotopic (exact) mass is 396 g/mol. The Morgan fingerprint density at radius 1 is 1.00 bits per heavy atom. The van der Waals surface area contributed by atoms with Crippen molar-refractivity contribution in [1.82, 2.24) is 5.32 Å². The molecule has 156 valence electrons. The number of rotatable bonds is 9. The molecule has 2 aromatic rings. The van der Waals surface area contributed by atoms with Crippen LogP contribution in [-0.4, -0.2) is 25.4 Å². The fourth-order valence-electron chi connectivity index (χ4n) is 3.40. The molecular weight excluding hydrogens is 362 g/mol. The Labute approximate surface area is 174 Å². The van der Waals surface area contributed by atoms with E-state index >= 15 is 0 Å². The predicted octanol–water partition coefficient (Wildman–Crippen LogP) is 3.46. The van der Waals surface area contributed by atoms with Crippen LogP contribution in [0.1, 0.15) is 67.6 Å². The van der Waals surface area contributed by atoms with Crippen molar-refractivity contribution in [1.29, 1.82) is 0 Å². The van der Waals surface area contributed by atoms with Crippen molar-refractivity contribution < 1.29 is 14.9 Å². The van der Waals surface area contributed by atoms with Gasteiger partial charge in [-0.1, -0.05) is 58.0 Å². The quantitative estimate of drug-likeness (QED) is 0.607. The molecule has 0 bridgehead atoms. The molecule has 5 heteroatoms. The van der Waals surface area contributed by atoms with E-state index in [-0.39, 0.29) is 17.9 Å². The summed E-state index contributed by atoms with van der Waals surface area (Å²) >= 11 is 0. The second-order valence-corrected chi connectivity index (χ2v) is 7.89. The summed E-state index contributed by atoms with van der Waals surface area (Å²) in [5.41, 5.74) is 3.74. The van der Waals surface area contributed by atoms with Gasteiger partial charge in [-0.3, -0.25) is 9.59 Å². The first-order valence-electron chi connectivity index (χ1n) is 10.4. The fourth-order valence-corrected chi connectivity index (χ4v) is 3.40. The number of anilines is 1. The standard InChI is InChI=1S/C24H33N3O2/c1-6-17(4)18-10-12-19(13-11-18)23(16(2)3)26-15-22(28)27-21-9-7-8-20(14-21)24(29)25-5/h7-14,16-17,23,26H,6,15H2,1-5H3,(H,25,29)(H,27,28)/p+1/t17-,23+/m0/s1. The molecule has 4 N–H and O–H groups in total. The van der Waals surface area contributed by atoms with Crippen molar-refractivity contribution in [2.75, 3.05) is 18.9 Å². The highest BCUT2D eigenvalue weighted by molar-refractivity contribution is 5.97. The molecule has 2 atom stereocenters. The lowest BCUT2D eigenvalue weighted by atomic mass is 9.92. The lowest BCUT2D eigenvalue weighted by molar-refractivity contribution is -0.692. The van der Waals surface area contributed by atoms with Gasteiger partial charge in [0.2, 0.25) is 0 Å². The fraction of sp³-hybridized carbons (Fsp3) is 0.417. The zero-order valence-corrected chi connectivity index (χ0v) is 18.2. The SMILES string of the molecule is CC[C@H](C)c1ccc([C@H]([NH2+]CC(=O)Nc2cccc(C(=O)NC)c2)C(C)C)cc1. The van der Waals surface area contributed by atoms with Crippen molar-refractivity contribution in [3.05, 3.63) is 65.2 Å². The van der Waals surface area contributed by atoms with Crippen LogP contribution in [0.3, 0.4) is 0 Å². The largest absolute Gasteiger partial charge is 0.355 e. The minimum absolute atomic E-state index is 0.0825. The third-order valence-corrected chi connectivity index (χ3v) is 5.41. The number of carbonyl (C=O) groups excluding carboxylic acids is 2. The molecule has 0 saturated carbocycles. The predicted molar refractivity (Wildman–Crippen MR) is 118 cm³/mol. The third kappa shape index (κ3) is 6.43. The zero-order valence-electron chi connectivity index (χ0n) is 18.2. The summed E-state index contributed by atoms with van der Waals surface area (Å²) < 4.78 is 0. The number of benzene rings is 2. The van der Waals surface area contributed by atoms with Crippen LogP contribution >= 0.6 is 0 Å². The maximum absolute atomic E-state index is 12.5. The van der Waals surface area contributed by atoms with Crippen LogP contribution in [0.25, 0.3) is 0 Å². The third-order valence-electron chi connectivity index (χ3n) is 5.41. The molecule has 0 radical (unpaired) electrons. The second-order valence-electron chi connectivity index (χ2n) is 7.89. The Morgan fingerprint density at radius 3 is 2.24 bits per heavy atom.